The molecular formula is C16H19N5O2. The van der Waals surface area contributed by atoms with Crippen molar-refractivity contribution in [1.82, 2.24) is 19.8 Å². The molecule has 3 rings (SSSR count). The Balaban J connectivity index is 2.10. The van der Waals surface area contributed by atoms with E-state index in [-0.39, 0.29) is 0 Å². The molecule has 1 aromatic carbocycles. The van der Waals surface area contributed by atoms with E-state index in [4.69, 9.17) is 0 Å². The van der Waals surface area contributed by atoms with E-state index in [1.165, 1.54) is 0 Å². The molecule has 2 heterocycles. The monoisotopic (exact) mass is 313 g/mol. The number of aryl methyl sites for hydroxylation is 1. The van der Waals surface area contributed by atoms with Crippen LogP contribution in [0.25, 0.3) is 16.4 Å². The zero-order valence-electron chi connectivity index (χ0n) is 13.2. The Kier molecular flexibility index (Phi) is 4.10. The van der Waals surface area contributed by atoms with E-state index in [2.05, 4.69) is 20.6 Å². The Morgan fingerprint density at radius 2 is 2.04 bits per heavy atom. The SMILES string of the molecule is CCCC[C@H](Nc1nn2c(C)nnc2c2ccccc12)C(=O)O. The minimum atomic E-state index is -0.870. The highest BCUT2D eigenvalue weighted by Crippen LogP contribution is 2.25. The lowest BCUT2D eigenvalue weighted by Gasteiger charge is -2.16. The van der Waals surface area contributed by atoms with E-state index in [9.17, 15) is 9.90 Å². The molecule has 0 aliphatic heterocycles. The summed E-state index contributed by atoms with van der Waals surface area (Å²) in [6, 6.07) is 7.00. The normalized spacial score (nSPS) is 12.6. The number of carboxylic acid groups (broad SMARTS) is 1. The number of carbonyl (C=O) groups is 1. The molecule has 0 radical (unpaired) electrons. The number of benzene rings is 1. The maximum absolute atomic E-state index is 11.5. The van der Waals surface area contributed by atoms with Gasteiger partial charge >= 0.3 is 5.97 Å². The molecule has 0 saturated heterocycles. The van der Waals surface area contributed by atoms with Gasteiger partial charge in [-0.3, -0.25) is 0 Å². The number of rotatable bonds is 6. The quantitative estimate of drug-likeness (QED) is 0.727. The number of aliphatic carboxylic acids is 1. The predicted octanol–water partition coefficient (Wildman–Crippen LogP) is 2.64. The molecule has 7 nitrogen and oxygen atoms in total. The van der Waals surface area contributed by atoms with Gasteiger partial charge in [-0.15, -0.1) is 15.3 Å². The van der Waals surface area contributed by atoms with Crippen molar-refractivity contribution in [3.05, 3.63) is 30.1 Å². The van der Waals surface area contributed by atoms with Crippen LogP contribution in [0.1, 0.15) is 32.0 Å². The molecule has 0 saturated carbocycles. The van der Waals surface area contributed by atoms with E-state index in [0.29, 0.717) is 23.7 Å². The summed E-state index contributed by atoms with van der Waals surface area (Å²) in [7, 11) is 0. The minimum Gasteiger partial charge on any atom is -0.480 e. The summed E-state index contributed by atoms with van der Waals surface area (Å²) in [5.74, 6) is 0.332. The van der Waals surface area contributed by atoms with Crippen molar-refractivity contribution in [3.63, 3.8) is 0 Å². The number of fused-ring (bicyclic) bond motifs is 3. The number of nitrogens with zero attached hydrogens (tertiary/aromatic N) is 4. The van der Waals surface area contributed by atoms with Crippen molar-refractivity contribution < 1.29 is 9.90 Å². The van der Waals surface area contributed by atoms with Gasteiger partial charge in [0.05, 0.1) is 0 Å². The molecule has 2 N–H and O–H groups in total. The van der Waals surface area contributed by atoms with Gasteiger partial charge in [-0.05, 0) is 13.3 Å². The fourth-order valence-electron chi connectivity index (χ4n) is 2.62. The molecule has 3 aromatic rings. The van der Waals surface area contributed by atoms with Crippen molar-refractivity contribution >= 4 is 28.2 Å². The van der Waals surface area contributed by atoms with Gasteiger partial charge in [0.25, 0.3) is 0 Å². The number of nitrogens with one attached hydrogen (secondary N) is 1. The number of hydrogen-bond acceptors (Lipinski definition) is 5. The third-order valence-electron chi connectivity index (χ3n) is 3.88. The first-order valence-electron chi connectivity index (χ1n) is 7.72. The smallest absolute Gasteiger partial charge is 0.326 e. The van der Waals surface area contributed by atoms with Crippen LogP contribution in [-0.4, -0.2) is 36.9 Å². The first-order chi connectivity index (χ1) is 11.1. The molecule has 0 aliphatic carbocycles. The molecule has 1 atom stereocenters. The van der Waals surface area contributed by atoms with Crippen LogP contribution in [0, 0.1) is 6.92 Å². The van der Waals surface area contributed by atoms with Crippen LogP contribution in [0.2, 0.25) is 0 Å². The van der Waals surface area contributed by atoms with Crippen LogP contribution >= 0.6 is 0 Å². The van der Waals surface area contributed by atoms with Gasteiger partial charge in [0, 0.05) is 10.8 Å². The van der Waals surface area contributed by atoms with E-state index >= 15 is 0 Å². The first kappa shape index (κ1) is 15.2. The molecule has 120 valence electrons. The second-order valence-corrected chi connectivity index (χ2v) is 5.55. The Morgan fingerprint density at radius 3 is 2.74 bits per heavy atom. The molecule has 0 bridgehead atoms. The zero-order valence-corrected chi connectivity index (χ0v) is 13.2. The number of anilines is 1. The lowest BCUT2D eigenvalue weighted by Crippen LogP contribution is -2.30. The van der Waals surface area contributed by atoms with Gasteiger partial charge in [-0.2, -0.15) is 4.52 Å². The lowest BCUT2D eigenvalue weighted by molar-refractivity contribution is -0.138. The van der Waals surface area contributed by atoms with Crippen LogP contribution in [-0.2, 0) is 4.79 Å². The van der Waals surface area contributed by atoms with Crippen LogP contribution in [0.15, 0.2) is 24.3 Å². The molecule has 0 aliphatic rings. The Morgan fingerprint density at radius 1 is 1.30 bits per heavy atom. The fraction of sp³-hybridized carbons (Fsp3) is 0.375. The van der Waals surface area contributed by atoms with Crippen LogP contribution in [0.3, 0.4) is 0 Å². The van der Waals surface area contributed by atoms with Gasteiger partial charge in [-0.1, -0.05) is 44.0 Å². The van der Waals surface area contributed by atoms with Crippen molar-refractivity contribution in [2.75, 3.05) is 5.32 Å². The van der Waals surface area contributed by atoms with Gasteiger partial charge in [-0.25, -0.2) is 4.79 Å². The summed E-state index contributed by atoms with van der Waals surface area (Å²) in [6.45, 7) is 3.86. The molecule has 0 amide bonds. The average Bonchev–Trinajstić information content (AvgIpc) is 2.92. The highest BCUT2D eigenvalue weighted by atomic mass is 16.4. The molecule has 0 fully saturated rings. The van der Waals surface area contributed by atoms with Gasteiger partial charge in [0.1, 0.15) is 6.04 Å². The van der Waals surface area contributed by atoms with Crippen LogP contribution < -0.4 is 5.32 Å². The minimum absolute atomic E-state index is 0.541. The Labute approximate surface area is 133 Å². The maximum atomic E-state index is 11.5. The number of carboxylic acids is 1. The van der Waals surface area contributed by atoms with E-state index < -0.39 is 12.0 Å². The summed E-state index contributed by atoms with van der Waals surface area (Å²) in [5, 5.41) is 27.0. The summed E-state index contributed by atoms with van der Waals surface area (Å²) in [6.07, 6.45) is 2.35. The maximum Gasteiger partial charge on any atom is 0.326 e. The Hall–Kier alpha value is -2.70. The molecule has 7 heteroatoms. The van der Waals surface area contributed by atoms with Gasteiger partial charge < -0.3 is 10.4 Å². The number of unbranched alkanes of at least 4 members (excludes halogenated alkanes) is 1. The van der Waals surface area contributed by atoms with E-state index in [1.807, 2.05) is 38.1 Å². The molecule has 0 unspecified atom stereocenters. The highest BCUT2D eigenvalue weighted by Gasteiger charge is 2.20. The second-order valence-electron chi connectivity index (χ2n) is 5.55. The highest BCUT2D eigenvalue weighted by molar-refractivity contribution is 6.00. The van der Waals surface area contributed by atoms with E-state index in [1.54, 1.807) is 4.52 Å². The standard InChI is InChI=1S/C16H19N5O2/c1-3-4-9-13(16(22)23)17-14-11-7-5-6-8-12(11)15-19-18-10(2)21(15)20-14/h5-8,13H,3-4,9H2,1-2H3,(H,17,20)(H,22,23)/t13-/m0/s1. The van der Waals surface area contributed by atoms with Crippen LogP contribution in [0.4, 0.5) is 5.82 Å². The molecule has 23 heavy (non-hydrogen) atoms. The number of aromatic nitrogens is 4. The fourth-order valence-corrected chi connectivity index (χ4v) is 2.62. The van der Waals surface area contributed by atoms with Crippen molar-refractivity contribution in [2.24, 2.45) is 0 Å². The predicted molar refractivity (Wildman–Crippen MR) is 87.6 cm³/mol. The van der Waals surface area contributed by atoms with Crippen molar-refractivity contribution in [1.29, 1.82) is 0 Å². The summed E-state index contributed by atoms with van der Waals surface area (Å²) in [4.78, 5) is 11.5. The van der Waals surface area contributed by atoms with Gasteiger partial charge in [0.2, 0.25) is 0 Å². The summed E-state index contributed by atoms with van der Waals surface area (Å²) in [5.41, 5.74) is 0.670. The first-order valence-corrected chi connectivity index (χ1v) is 7.72. The second kappa shape index (κ2) is 6.20. The molecule has 2 aromatic heterocycles. The third kappa shape index (κ3) is 2.81. The summed E-state index contributed by atoms with van der Waals surface area (Å²) < 4.78 is 1.64. The molecular weight excluding hydrogens is 294 g/mol. The lowest BCUT2D eigenvalue weighted by atomic mass is 10.1. The largest absolute Gasteiger partial charge is 0.480 e. The van der Waals surface area contributed by atoms with Crippen molar-refractivity contribution in [2.45, 2.75) is 39.2 Å². The van der Waals surface area contributed by atoms with Gasteiger partial charge in [0.15, 0.2) is 17.3 Å². The third-order valence-corrected chi connectivity index (χ3v) is 3.88. The average molecular weight is 313 g/mol. The van der Waals surface area contributed by atoms with E-state index in [0.717, 1.165) is 23.6 Å². The topological polar surface area (TPSA) is 92.4 Å². The number of hydrogen-bond donors (Lipinski definition) is 2. The zero-order chi connectivity index (χ0) is 16.4. The Bertz CT molecular complexity index is 858. The molecule has 0 spiro atoms. The summed E-state index contributed by atoms with van der Waals surface area (Å²) >= 11 is 0. The van der Waals surface area contributed by atoms with Crippen LogP contribution in [0.5, 0.6) is 0 Å². The van der Waals surface area contributed by atoms with Crippen molar-refractivity contribution in [3.8, 4) is 0 Å².